The number of carbonyl (C=O) groups is 3. The lowest BCUT2D eigenvalue weighted by atomic mass is 9.59. The third kappa shape index (κ3) is 1.80. The molecule has 1 aromatic carbocycles. The van der Waals surface area contributed by atoms with E-state index < -0.39 is 5.92 Å². The molecule has 114 valence electrons. The molecule has 3 saturated carbocycles. The summed E-state index contributed by atoms with van der Waals surface area (Å²) in [6, 6.07) is 4.72. The third-order valence-electron chi connectivity index (χ3n) is 5.23. The average Bonchev–Trinajstić information content (AvgIpc) is 2.76. The summed E-state index contributed by atoms with van der Waals surface area (Å²) >= 11 is 11.9. The molecule has 1 saturated heterocycles. The molecule has 4 atom stereocenters. The van der Waals surface area contributed by atoms with Gasteiger partial charge in [0.2, 0.25) is 11.8 Å². The normalized spacial score (nSPS) is 33.5. The molecule has 0 radical (unpaired) electrons. The summed E-state index contributed by atoms with van der Waals surface area (Å²) in [6.07, 6.45) is 2.00. The number of benzene rings is 1. The van der Waals surface area contributed by atoms with Crippen LogP contribution in [-0.2, 0) is 14.4 Å². The molecule has 22 heavy (non-hydrogen) atoms. The fraction of sp³-hybridized carbons (Fsp3) is 0.438. The zero-order valence-corrected chi connectivity index (χ0v) is 13.1. The highest BCUT2D eigenvalue weighted by Gasteiger charge is 2.60. The number of halogens is 2. The van der Waals surface area contributed by atoms with Crippen LogP contribution in [0.2, 0.25) is 10.0 Å². The molecule has 0 N–H and O–H groups in total. The van der Waals surface area contributed by atoms with E-state index in [9.17, 15) is 14.4 Å². The van der Waals surface area contributed by atoms with Crippen molar-refractivity contribution in [3.05, 3.63) is 28.2 Å². The Kier molecular flexibility index (Phi) is 3.10. The Labute approximate surface area is 137 Å². The van der Waals surface area contributed by atoms with Crippen LogP contribution in [0.15, 0.2) is 18.2 Å². The Morgan fingerprint density at radius 1 is 0.955 bits per heavy atom. The molecular weight excluding hydrogens is 325 g/mol. The van der Waals surface area contributed by atoms with Gasteiger partial charge < -0.3 is 0 Å². The first-order valence-corrected chi connectivity index (χ1v) is 8.10. The van der Waals surface area contributed by atoms with Gasteiger partial charge in [-0.3, -0.25) is 14.4 Å². The molecule has 5 rings (SSSR count). The van der Waals surface area contributed by atoms with Crippen LogP contribution >= 0.6 is 23.2 Å². The van der Waals surface area contributed by atoms with Crippen LogP contribution in [0.3, 0.4) is 0 Å². The largest absolute Gasteiger partial charge is 0.299 e. The van der Waals surface area contributed by atoms with E-state index in [4.69, 9.17) is 23.2 Å². The van der Waals surface area contributed by atoms with Gasteiger partial charge in [-0.25, -0.2) is 4.90 Å². The number of hydrogen-bond donors (Lipinski definition) is 0. The monoisotopic (exact) mass is 337 g/mol. The fourth-order valence-electron chi connectivity index (χ4n) is 4.26. The highest BCUT2D eigenvalue weighted by Crippen LogP contribution is 2.52. The van der Waals surface area contributed by atoms with Crippen molar-refractivity contribution in [1.82, 2.24) is 0 Å². The molecule has 1 aliphatic heterocycles. The molecule has 4 unspecified atom stereocenters. The number of ketones is 1. The first-order chi connectivity index (χ1) is 10.5. The fourth-order valence-corrected chi connectivity index (χ4v) is 4.55. The van der Waals surface area contributed by atoms with Gasteiger partial charge in [0.15, 0.2) is 0 Å². The number of imide groups is 1. The number of Topliss-reactive ketones (excluding diaryl/α,β-unsaturated/α-hetero) is 1. The maximum atomic E-state index is 12.8. The van der Waals surface area contributed by atoms with Crippen LogP contribution in [0.5, 0.6) is 0 Å². The lowest BCUT2D eigenvalue weighted by molar-refractivity contribution is -0.143. The van der Waals surface area contributed by atoms with Crippen molar-refractivity contribution in [2.75, 3.05) is 4.90 Å². The second-order valence-electron chi connectivity index (χ2n) is 6.28. The molecule has 4 aliphatic rings. The van der Waals surface area contributed by atoms with Gasteiger partial charge in [-0.05, 0) is 37.0 Å². The van der Waals surface area contributed by atoms with Gasteiger partial charge in [0.05, 0.1) is 27.6 Å². The van der Waals surface area contributed by atoms with Crippen molar-refractivity contribution in [3.63, 3.8) is 0 Å². The lowest BCUT2D eigenvalue weighted by Gasteiger charge is -2.41. The minimum Gasteiger partial charge on any atom is -0.299 e. The minimum absolute atomic E-state index is 0.00622. The van der Waals surface area contributed by atoms with Crippen molar-refractivity contribution in [1.29, 1.82) is 0 Å². The summed E-state index contributed by atoms with van der Waals surface area (Å²) in [5, 5.41) is 0.672. The number of amides is 2. The van der Waals surface area contributed by atoms with Crippen molar-refractivity contribution in [2.24, 2.45) is 23.7 Å². The molecule has 2 bridgehead atoms. The van der Waals surface area contributed by atoms with Gasteiger partial charge in [0, 0.05) is 12.3 Å². The SMILES string of the molecule is O=C1CC2CCC1C1C(=O)N(c3ccc(Cl)c(Cl)c3)C(=O)C21. The van der Waals surface area contributed by atoms with E-state index in [1.807, 2.05) is 0 Å². The summed E-state index contributed by atoms with van der Waals surface area (Å²) in [4.78, 5) is 38.8. The summed E-state index contributed by atoms with van der Waals surface area (Å²) in [5.74, 6) is -1.45. The van der Waals surface area contributed by atoms with Crippen LogP contribution < -0.4 is 4.90 Å². The van der Waals surface area contributed by atoms with Crippen LogP contribution in [0.1, 0.15) is 19.3 Å². The van der Waals surface area contributed by atoms with Gasteiger partial charge in [0.25, 0.3) is 0 Å². The van der Waals surface area contributed by atoms with E-state index in [-0.39, 0.29) is 35.4 Å². The van der Waals surface area contributed by atoms with Crippen molar-refractivity contribution >= 4 is 46.5 Å². The Hall–Kier alpha value is -1.39. The van der Waals surface area contributed by atoms with E-state index in [1.165, 1.54) is 11.0 Å². The molecule has 1 aromatic rings. The van der Waals surface area contributed by atoms with Gasteiger partial charge in [-0.2, -0.15) is 0 Å². The van der Waals surface area contributed by atoms with E-state index in [0.717, 1.165) is 12.8 Å². The van der Waals surface area contributed by atoms with Gasteiger partial charge in [0.1, 0.15) is 5.78 Å². The Balaban J connectivity index is 1.77. The number of carbonyl (C=O) groups excluding carboxylic acids is 3. The Bertz CT molecular complexity index is 717. The van der Waals surface area contributed by atoms with Crippen molar-refractivity contribution in [3.8, 4) is 0 Å². The number of rotatable bonds is 1. The van der Waals surface area contributed by atoms with E-state index in [0.29, 0.717) is 22.2 Å². The third-order valence-corrected chi connectivity index (χ3v) is 5.97. The van der Waals surface area contributed by atoms with E-state index >= 15 is 0 Å². The number of hydrogen-bond acceptors (Lipinski definition) is 3. The Morgan fingerprint density at radius 2 is 1.68 bits per heavy atom. The van der Waals surface area contributed by atoms with Crippen LogP contribution in [0.4, 0.5) is 5.69 Å². The maximum Gasteiger partial charge on any atom is 0.238 e. The highest BCUT2D eigenvalue weighted by atomic mass is 35.5. The molecule has 3 aliphatic carbocycles. The highest BCUT2D eigenvalue weighted by molar-refractivity contribution is 6.42. The van der Waals surface area contributed by atoms with Crippen LogP contribution in [0.25, 0.3) is 0 Å². The lowest BCUT2D eigenvalue weighted by Crippen LogP contribution is -2.46. The number of anilines is 1. The van der Waals surface area contributed by atoms with E-state index in [1.54, 1.807) is 12.1 Å². The van der Waals surface area contributed by atoms with Crippen LogP contribution in [-0.4, -0.2) is 17.6 Å². The molecular formula is C16H13Cl2NO3. The summed E-state index contributed by atoms with van der Waals surface area (Å²) in [6.45, 7) is 0. The summed E-state index contributed by atoms with van der Waals surface area (Å²) < 4.78 is 0. The van der Waals surface area contributed by atoms with Gasteiger partial charge in [-0.1, -0.05) is 23.2 Å². The predicted molar refractivity (Wildman–Crippen MR) is 81.8 cm³/mol. The van der Waals surface area contributed by atoms with Crippen molar-refractivity contribution in [2.45, 2.75) is 19.3 Å². The van der Waals surface area contributed by atoms with Gasteiger partial charge >= 0.3 is 0 Å². The molecule has 1 heterocycles. The Morgan fingerprint density at radius 3 is 2.36 bits per heavy atom. The summed E-state index contributed by atoms with van der Waals surface area (Å²) in [7, 11) is 0. The summed E-state index contributed by atoms with van der Waals surface area (Å²) in [5.41, 5.74) is 0.436. The number of nitrogens with zero attached hydrogens (tertiary/aromatic N) is 1. The van der Waals surface area contributed by atoms with E-state index in [2.05, 4.69) is 0 Å². The first-order valence-electron chi connectivity index (χ1n) is 7.34. The molecule has 0 spiro atoms. The zero-order valence-electron chi connectivity index (χ0n) is 11.6. The maximum absolute atomic E-state index is 12.8. The molecule has 4 fully saturated rings. The van der Waals surface area contributed by atoms with Gasteiger partial charge in [-0.15, -0.1) is 0 Å². The van der Waals surface area contributed by atoms with Crippen molar-refractivity contribution < 1.29 is 14.4 Å². The topological polar surface area (TPSA) is 54.5 Å². The average molecular weight is 338 g/mol. The quantitative estimate of drug-likeness (QED) is 0.740. The zero-order chi connectivity index (χ0) is 15.6. The number of fused-ring (bicyclic) bond motifs is 2. The predicted octanol–water partition coefficient (Wildman–Crippen LogP) is 3.10. The molecule has 2 amide bonds. The second-order valence-corrected chi connectivity index (χ2v) is 7.09. The van der Waals surface area contributed by atoms with Crippen LogP contribution in [0, 0.1) is 23.7 Å². The molecule has 0 aromatic heterocycles. The minimum atomic E-state index is -0.484. The standard InChI is InChI=1S/C16H13Cl2NO3/c17-10-4-2-8(6-11(10)18)19-15(21)13-7-1-3-9(12(20)5-7)14(13)16(19)22/h2,4,6-7,9,13-14H,1,3,5H2. The molecule has 4 nitrogen and oxygen atoms in total. The molecule has 6 heteroatoms. The smallest absolute Gasteiger partial charge is 0.238 e. The second kappa shape index (κ2) is 4.80. The first kappa shape index (κ1) is 14.2.